The molecule has 1 saturated heterocycles. The molecule has 0 saturated carbocycles. The summed E-state index contributed by atoms with van der Waals surface area (Å²) in [6.07, 6.45) is -4.77. The van der Waals surface area contributed by atoms with Gasteiger partial charge in [0.05, 0.1) is 6.54 Å². The van der Waals surface area contributed by atoms with E-state index in [2.05, 4.69) is 15.0 Å². The number of aromatic nitrogens is 4. The van der Waals surface area contributed by atoms with Crippen molar-refractivity contribution in [2.45, 2.75) is 12.9 Å². The third-order valence-electron chi connectivity index (χ3n) is 5.23. The minimum atomic E-state index is -4.77. The fraction of sp³-hybridized carbons (Fsp3) is 0.421. The summed E-state index contributed by atoms with van der Waals surface area (Å²) in [6, 6.07) is 5.45. The SMILES string of the molecule is Cn1c(=O)c2c(nc(N3CCNCC3)n2Cc2ccc(OC(F)(F)F)cc2)n(C)c1=O. The van der Waals surface area contributed by atoms with E-state index >= 15 is 0 Å². The molecule has 1 aromatic carbocycles. The van der Waals surface area contributed by atoms with Gasteiger partial charge in [-0.1, -0.05) is 12.1 Å². The zero-order chi connectivity index (χ0) is 22.3. The Balaban J connectivity index is 1.81. The Kier molecular flexibility index (Phi) is 5.25. The summed E-state index contributed by atoms with van der Waals surface area (Å²) in [6.45, 7) is 2.99. The highest BCUT2D eigenvalue weighted by molar-refractivity contribution is 5.74. The van der Waals surface area contributed by atoms with Crippen molar-refractivity contribution >= 4 is 17.1 Å². The molecule has 0 bridgehead atoms. The number of rotatable bonds is 4. The Hall–Kier alpha value is -3.28. The second-order valence-electron chi connectivity index (χ2n) is 7.30. The first kappa shape index (κ1) is 21.0. The van der Waals surface area contributed by atoms with E-state index in [0.717, 1.165) is 17.7 Å². The predicted octanol–water partition coefficient (Wildman–Crippen LogP) is 0.790. The molecule has 1 aliphatic heterocycles. The molecule has 0 radical (unpaired) electrons. The molecule has 12 heteroatoms. The van der Waals surface area contributed by atoms with Gasteiger partial charge >= 0.3 is 12.1 Å². The Labute approximate surface area is 174 Å². The lowest BCUT2D eigenvalue weighted by molar-refractivity contribution is -0.274. The van der Waals surface area contributed by atoms with Gasteiger partial charge in [0.2, 0.25) is 5.95 Å². The van der Waals surface area contributed by atoms with Crippen molar-refractivity contribution in [3.05, 3.63) is 50.7 Å². The van der Waals surface area contributed by atoms with E-state index in [-0.39, 0.29) is 23.5 Å². The molecule has 0 amide bonds. The lowest BCUT2D eigenvalue weighted by Crippen LogP contribution is -2.44. The number of nitrogens with zero attached hydrogens (tertiary/aromatic N) is 5. The summed E-state index contributed by atoms with van der Waals surface area (Å²) in [5.74, 6) is 0.206. The fourth-order valence-corrected chi connectivity index (χ4v) is 3.67. The minimum absolute atomic E-state index is 0.190. The van der Waals surface area contributed by atoms with E-state index in [1.54, 1.807) is 11.6 Å². The molecule has 2 aromatic heterocycles. The van der Waals surface area contributed by atoms with Crippen LogP contribution in [0.3, 0.4) is 0 Å². The molecule has 0 atom stereocenters. The first-order valence-corrected chi connectivity index (χ1v) is 9.62. The summed E-state index contributed by atoms with van der Waals surface area (Å²) in [5, 5.41) is 3.25. The Morgan fingerprint density at radius 1 is 1.06 bits per heavy atom. The zero-order valence-electron chi connectivity index (χ0n) is 16.9. The Bertz CT molecular complexity index is 1220. The van der Waals surface area contributed by atoms with Crippen LogP contribution in [-0.4, -0.2) is 51.2 Å². The van der Waals surface area contributed by atoms with Gasteiger partial charge in [0.1, 0.15) is 5.75 Å². The molecule has 1 fully saturated rings. The van der Waals surface area contributed by atoms with Crippen LogP contribution in [0.25, 0.3) is 11.2 Å². The van der Waals surface area contributed by atoms with Crippen molar-refractivity contribution in [1.82, 2.24) is 24.0 Å². The average Bonchev–Trinajstić information content (AvgIpc) is 3.11. The van der Waals surface area contributed by atoms with Gasteiger partial charge in [-0.3, -0.25) is 18.5 Å². The quantitative estimate of drug-likeness (QED) is 0.649. The molecule has 0 aliphatic carbocycles. The highest BCUT2D eigenvalue weighted by atomic mass is 19.4. The number of alkyl halides is 3. The number of piperazine rings is 1. The molecule has 31 heavy (non-hydrogen) atoms. The molecule has 166 valence electrons. The number of imidazole rings is 1. The molecule has 1 N–H and O–H groups in total. The summed E-state index contributed by atoms with van der Waals surface area (Å²) in [4.78, 5) is 31.9. The molecule has 0 unspecified atom stereocenters. The number of hydrogen-bond acceptors (Lipinski definition) is 6. The van der Waals surface area contributed by atoms with Gasteiger partial charge in [0.25, 0.3) is 5.56 Å². The highest BCUT2D eigenvalue weighted by Crippen LogP contribution is 2.25. The largest absolute Gasteiger partial charge is 0.573 e. The van der Waals surface area contributed by atoms with Crippen LogP contribution >= 0.6 is 0 Å². The number of fused-ring (bicyclic) bond motifs is 1. The monoisotopic (exact) mass is 438 g/mol. The lowest BCUT2D eigenvalue weighted by atomic mass is 10.2. The van der Waals surface area contributed by atoms with Crippen molar-refractivity contribution in [3.63, 3.8) is 0 Å². The maximum atomic E-state index is 12.9. The third kappa shape index (κ3) is 4.02. The Morgan fingerprint density at radius 2 is 1.71 bits per heavy atom. The Morgan fingerprint density at radius 3 is 2.32 bits per heavy atom. The normalized spacial score (nSPS) is 14.9. The lowest BCUT2D eigenvalue weighted by Gasteiger charge is -2.28. The fourth-order valence-electron chi connectivity index (χ4n) is 3.67. The third-order valence-corrected chi connectivity index (χ3v) is 5.23. The molecule has 1 aliphatic rings. The van der Waals surface area contributed by atoms with Crippen LogP contribution in [0, 0.1) is 0 Å². The number of halogens is 3. The first-order chi connectivity index (χ1) is 14.7. The van der Waals surface area contributed by atoms with Crippen LogP contribution in [0.5, 0.6) is 5.75 Å². The van der Waals surface area contributed by atoms with Crippen LogP contribution in [0.1, 0.15) is 5.56 Å². The van der Waals surface area contributed by atoms with Gasteiger partial charge < -0.3 is 15.0 Å². The summed E-state index contributed by atoms with van der Waals surface area (Å²) >= 11 is 0. The molecule has 9 nitrogen and oxygen atoms in total. The number of benzene rings is 1. The van der Waals surface area contributed by atoms with Crippen LogP contribution in [0.15, 0.2) is 33.9 Å². The molecule has 0 spiro atoms. The topological polar surface area (TPSA) is 86.3 Å². The maximum Gasteiger partial charge on any atom is 0.573 e. The predicted molar refractivity (Wildman–Crippen MR) is 108 cm³/mol. The van der Waals surface area contributed by atoms with E-state index in [1.807, 2.05) is 4.90 Å². The van der Waals surface area contributed by atoms with Crippen molar-refractivity contribution in [1.29, 1.82) is 0 Å². The molecule has 3 aromatic rings. The standard InChI is InChI=1S/C19H21F3N6O3/c1-25-15-14(16(29)26(2)18(25)30)28(17(24-15)27-9-7-23-8-10-27)11-12-3-5-13(6-4-12)31-19(20,21)22/h3-6,23H,7-11H2,1-2H3. The van der Waals surface area contributed by atoms with Crippen LogP contribution in [-0.2, 0) is 20.6 Å². The first-order valence-electron chi connectivity index (χ1n) is 9.62. The number of anilines is 1. The summed E-state index contributed by atoms with van der Waals surface area (Å²) in [7, 11) is 2.95. The van der Waals surface area contributed by atoms with E-state index in [1.165, 1.54) is 35.9 Å². The van der Waals surface area contributed by atoms with Gasteiger partial charge in [-0.2, -0.15) is 4.98 Å². The smallest absolute Gasteiger partial charge is 0.406 e. The molecule has 3 heterocycles. The van der Waals surface area contributed by atoms with E-state index in [9.17, 15) is 22.8 Å². The number of nitrogens with one attached hydrogen (secondary N) is 1. The zero-order valence-corrected chi connectivity index (χ0v) is 16.9. The van der Waals surface area contributed by atoms with Gasteiger partial charge in [-0.05, 0) is 17.7 Å². The summed E-state index contributed by atoms with van der Waals surface area (Å²) < 4.78 is 45.2. The number of hydrogen-bond donors (Lipinski definition) is 1. The van der Waals surface area contributed by atoms with E-state index < -0.39 is 17.6 Å². The van der Waals surface area contributed by atoms with Gasteiger partial charge in [0.15, 0.2) is 11.2 Å². The van der Waals surface area contributed by atoms with Crippen LogP contribution < -0.4 is 26.2 Å². The van der Waals surface area contributed by atoms with Gasteiger partial charge in [-0.25, -0.2) is 4.79 Å². The van der Waals surface area contributed by atoms with Gasteiger partial charge in [0, 0.05) is 40.3 Å². The van der Waals surface area contributed by atoms with Crippen molar-refractivity contribution in [3.8, 4) is 5.75 Å². The second-order valence-corrected chi connectivity index (χ2v) is 7.30. The average molecular weight is 438 g/mol. The number of ether oxygens (including phenoxy) is 1. The second kappa shape index (κ2) is 7.76. The molecular formula is C19H21F3N6O3. The van der Waals surface area contributed by atoms with Crippen molar-refractivity contribution in [2.24, 2.45) is 14.1 Å². The molecular weight excluding hydrogens is 417 g/mol. The highest BCUT2D eigenvalue weighted by Gasteiger charge is 2.31. The summed E-state index contributed by atoms with van der Waals surface area (Å²) in [5.41, 5.74) is 0.209. The van der Waals surface area contributed by atoms with Crippen molar-refractivity contribution in [2.75, 3.05) is 31.1 Å². The van der Waals surface area contributed by atoms with Crippen molar-refractivity contribution < 1.29 is 17.9 Å². The van der Waals surface area contributed by atoms with Crippen LogP contribution in [0.4, 0.5) is 19.1 Å². The van der Waals surface area contributed by atoms with Crippen LogP contribution in [0.2, 0.25) is 0 Å². The van der Waals surface area contributed by atoms with E-state index in [4.69, 9.17) is 0 Å². The van der Waals surface area contributed by atoms with Gasteiger partial charge in [-0.15, -0.1) is 13.2 Å². The van der Waals surface area contributed by atoms with E-state index in [0.29, 0.717) is 24.6 Å². The number of aryl methyl sites for hydroxylation is 1. The maximum absolute atomic E-state index is 12.9. The molecule has 4 rings (SSSR count). The minimum Gasteiger partial charge on any atom is -0.406 e.